The van der Waals surface area contributed by atoms with Crippen molar-refractivity contribution in [3.8, 4) is 0 Å². The number of nitrogens with zero attached hydrogens (tertiary/aromatic N) is 3. The van der Waals surface area contributed by atoms with Crippen LogP contribution in [-0.2, 0) is 21.3 Å². The molecular weight excluding hydrogens is 242 g/mol. The number of aryl methyl sites for hydroxylation is 1. The van der Waals surface area contributed by atoms with Crippen LogP contribution in [0.2, 0.25) is 0 Å². The summed E-state index contributed by atoms with van der Waals surface area (Å²) in [4.78, 5) is 11.7. The molecule has 2 aliphatic heterocycles. The molecule has 2 saturated heterocycles. The van der Waals surface area contributed by atoms with Crippen LogP contribution in [0.15, 0.2) is 0 Å². The molecule has 2 bridgehead atoms. The van der Waals surface area contributed by atoms with Crippen LogP contribution >= 0.6 is 12.2 Å². The van der Waals surface area contributed by atoms with Crippen molar-refractivity contribution >= 4 is 18.0 Å². The highest BCUT2D eigenvalue weighted by Crippen LogP contribution is 2.32. The standard InChI is InChI=1S/C10H13N3O3S/c1-5-11-13(10(17)12(5)2)6-3-7(14)9-15-4-8(6)16-9/h6,8-9H,3-4H2,1-2H3/t6-,8+,9+/m1/s1. The second kappa shape index (κ2) is 3.72. The van der Waals surface area contributed by atoms with Gasteiger partial charge in [-0.1, -0.05) is 0 Å². The second-order valence-electron chi connectivity index (χ2n) is 4.41. The van der Waals surface area contributed by atoms with Crippen molar-refractivity contribution in [1.82, 2.24) is 14.3 Å². The summed E-state index contributed by atoms with van der Waals surface area (Å²) in [5.41, 5.74) is 0. The lowest BCUT2D eigenvalue weighted by molar-refractivity contribution is -0.156. The summed E-state index contributed by atoms with van der Waals surface area (Å²) in [5.74, 6) is 0.789. The number of Topliss-reactive ketones (excluding diaryl/α,β-unsaturated/α-hetero) is 1. The highest BCUT2D eigenvalue weighted by molar-refractivity contribution is 7.71. The molecule has 7 heteroatoms. The van der Waals surface area contributed by atoms with Crippen LogP contribution in [0.25, 0.3) is 0 Å². The molecule has 0 amide bonds. The normalized spacial score (nSPS) is 32.1. The molecule has 0 unspecified atom stereocenters. The molecule has 3 rings (SSSR count). The number of fused-ring (bicyclic) bond motifs is 2. The Morgan fingerprint density at radius 1 is 1.53 bits per heavy atom. The molecule has 0 aliphatic carbocycles. The topological polar surface area (TPSA) is 58.3 Å². The van der Waals surface area contributed by atoms with E-state index in [-0.39, 0.29) is 17.9 Å². The minimum absolute atomic E-state index is 0.0334. The first-order chi connectivity index (χ1) is 8.08. The van der Waals surface area contributed by atoms with Crippen LogP contribution in [0.4, 0.5) is 0 Å². The SMILES string of the molecule is Cc1nn([C@@H]2CC(=O)[C@H]3OC[C@@H]2O3)c(=S)n1C. The van der Waals surface area contributed by atoms with Gasteiger partial charge in [0.2, 0.25) is 6.29 Å². The van der Waals surface area contributed by atoms with Crippen molar-refractivity contribution in [2.24, 2.45) is 7.05 Å². The second-order valence-corrected chi connectivity index (χ2v) is 4.78. The number of carbonyl (C=O) groups excluding carboxylic acids is 1. The summed E-state index contributed by atoms with van der Waals surface area (Å²) in [6.07, 6.45) is -0.422. The van der Waals surface area contributed by atoms with E-state index in [2.05, 4.69) is 5.10 Å². The van der Waals surface area contributed by atoms with Crippen molar-refractivity contribution in [3.05, 3.63) is 10.6 Å². The number of hydrogen-bond donors (Lipinski definition) is 0. The maximum absolute atomic E-state index is 11.7. The molecule has 3 heterocycles. The molecule has 0 aromatic carbocycles. The number of rotatable bonds is 1. The molecule has 17 heavy (non-hydrogen) atoms. The van der Waals surface area contributed by atoms with Gasteiger partial charge in [-0.25, -0.2) is 4.68 Å². The Morgan fingerprint density at radius 3 is 2.94 bits per heavy atom. The zero-order chi connectivity index (χ0) is 12.2. The average Bonchev–Trinajstić information content (AvgIpc) is 2.84. The molecule has 3 atom stereocenters. The molecule has 0 saturated carbocycles. The van der Waals surface area contributed by atoms with Gasteiger partial charge in [0, 0.05) is 13.5 Å². The quantitative estimate of drug-likeness (QED) is 0.685. The van der Waals surface area contributed by atoms with Crippen LogP contribution in [0.3, 0.4) is 0 Å². The van der Waals surface area contributed by atoms with Gasteiger partial charge in [-0.05, 0) is 19.1 Å². The van der Waals surface area contributed by atoms with E-state index in [1.807, 2.05) is 18.5 Å². The van der Waals surface area contributed by atoms with Gasteiger partial charge in [0.15, 0.2) is 10.6 Å². The molecule has 0 radical (unpaired) electrons. The fourth-order valence-electron chi connectivity index (χ4n) is 2.24. The van der Waals surface area contributed by atoms with Crippen molar-refractivity contribution in [1.29, 1.82) is 0 Å². The van der Waals surface area contributed by atoms with Gasteiger partial charge in [0.05, 0.1) is 12.6 Å². The number of ether oxygens (including phenoxy) is 2. The third kappa shape index (κ3) is 1.57. The van der Waals surface area contributed by atoms with E-state index in [1.54, 1.807) is 4.68 Å². The van der Waals surface area contributed by atoms with Gasteiger partial charge in [0.1, 0.15) is 11.9 Å². The Bertz CT molecular complexity index is 535. The molecule has 1 aromatic rings. The predicted octanol–water partition coefficient (Wildman–Crippen LogP) is 0.515. The van der Waals surface area contributed by atoms with E-state index >= 15 is 0 Å². The summed E-state index contributed by atoms with van der Waals surface area (Å²) in [5, 5.41) is 4.37. The Balaban J connectivity index is 2.01. The van der Waals surface area contributed by atoms with E-state index in [4.69, 9.17) is 21.7 Å². The smallest absolute Gasteiger partial charge is 0.218 e. The van der Waals surface area contributed by atoms with Crippen LogP contribution < -0.4 is 0 Å². The molecule has 2 fully saturated rings. The van der Waals surface area contributed by atoms with Gasteiger partial charge < -0.3 is 14.0 Å². The lowest BCUT2D eigenvalue weighted by Crippen LogP contribution is -2.37. The lowest BCUT2D eigenvalue weighted by atomic mass is 10.0. The van der Waals surface area contributed by atoms with Gasteiger partial charge in [0.25, 0.3) is 0 Å². The Kier molecular flexibility index (Phi) is 2.42. The Labute approximate surface area is 103 Å². The first-order valence-electron chi connectivity index (χ1n) is 5.50. The lowest BCUT2D eigenvalue weighted by Gasteiger charge is -2.26. The van der Waals surface area contributed by atoms with Crippen molar-refractivity contribution in [2.45, 2.75) is 31.8 Å². The summed E-state index contributed by atoms with van der Waals surface area (Å²) >= 11 is 5.30. The monoisotopic (exact) mass is 255 g/mol. The first kappa shape index (κ1) is 11.1. The third-order valence-electron chi connectivity index (χ3n) is 3.35. The summed E-state index contributed by atoms with van der Waals surface area (Å²) in [6, 6.07) is -0.145. The largest absolute Gasteiger partial charge is 0.343 e. The van der Waals surface area contributed by atoms with Crippen LogP contribution in [0.5, 0.6) is 0 Å². The third-order valence-corrected chi connectivity index (χ3v) is 3.81. The molecule has 0 spiro atoms. The van der Waals surface area contributed by atoms with Crippen LogP contribution in [-0.4, -0.2) is 39.1 Å². The predicted molar refractivity (Wildman–Crippen MR) is 60.0 cm³/mol. The van der Waals surface area contributed by atoms with E-state index in [0.717, 1.165) is 5.82 Å². The van der Waals surface area contributed by atoms with E-state index in [1.165, 1.54) is 0 Å². The molecule has 1 aromatic heterocycles. The Hall–Kier alpha value is -1.05. The summed E-state index contributed by atoms with van der Waals surface area (Å²) in [7, 11) is 1.86. The van der Waals surface area contributed by atoms with E-state index in [0.29, 0.717) is 17.8 Å². The average molecular weight is 255 g/mol. The maximum atomic E-state index is 11.7. The minimum Gasteiger partial charge on any atom is -0.343 e. The van der Waals surface area contributed by atoms with Crippen molar-refractivity contribution in [3.63, 3.8) is 0 Å². The zero-order valence-electron chi connectivity index (χ0n) is 9.62. The van der Waals surface area contributed by atoms with E-state index < -0.39 is 6.29 Å². The molecule has 92 valence electrons. The Morgan fingerprint density at radius 2 is 2.29 bits per heavy atom. The zero-order valence-corrected chi connectivity index (χ0v) is 10.4. The molecule has 0 N–H and O–H groups in total. The fourth-order valence-corrected chi connectivity index (χ4v) is 2.55. The van der Waals surface area contributed by atoms with Gasteiger partial charge in [-0.3, -0.25) is 4.79 Å². The highest BCUT2D eigenvalue weighted by Gasteiger charge is 2.44. The summed E-state index contributed by atoms with van der Waals surface area (Å²) < 4.78 is 14.9. The highest BCUT2D eigenvalue weighted by atomic mass is 32.1. The number of aromatic nitrogens is 3. The molecular formula is C10H13N3O3S. The van der Waals surface area contributed by atoms with Crippen LogP contribution in [0.1, 0.15) is 18.3 Å². The number of ketones is 1. The first-order valence-corrected chi connectivity index (χ1v) is 5.90. The van der Waals surface area contributed by atoms with Gasteiger partial charge in [-0.15, -0.1) is 0 Å². The van der Waals surface area contributed by atoms with Gasteiger partial charge in [-0.2, -0.15) is 5.10 Å². The molecule has 6 nitrogen and oxygen atoms in total. The maximum Gasteiger partial charge on any atom is 0.218 e. The fraction of sp³-hybridized carbons (Fsp3) is 0.700. The summed E-state index contributed by atoms with van der Waals surface area (Å²) in [6.45, 7) is 2.31. The van der Waals surface area contributed by atoms with Crippen molar-refractivity contribution in [2.75, 3.05) is 6.61 Å². The number of hydrogen-bond acceptors (Lipinski definition) is 5. The van der Waals surface area contributed by atoms with Gasteiger partial charge >= 0.3 is 0 Å². The van der Waals surface area contributed by atoms with Crippen molar-refractivity contribution < 1.29 is 14.3 Å². The van der Waals surface area contributed by atoms with E-state index in [9.17, 15) is 4.79 Å². The number of carbonyl (C=O) groups is 1. The van der Waals surface area contributed by atoms with Crippen LogP contribution in [0, 0.1) is 11.7 Å². The minimum atomic E-state index is -0.671. The molecule has 2 aliphatic rings.